The molecule has 5 heteroatoms. The van der Waals surface area contributed by atoms with Gasteiger partial charge in [-0.1, -0.05) is 24.3 Å². The minimum absolute atomic E-state index is 0. The average Bonchev–Trinajstić information content (AvgIpc) is 3.07. The molecule has 2 aliphatic heterocycles. The molecule has 1 N–H and O–H groups in total. The molecule has 2 aliphatic rings. The fourth-order valence-corrected chi connectivity index (χ4v) is 3.67. The first-order valence-electron chi connectivity index (χ1n) is 8.82. The quantitative estimate of drug-likeness (QED) is 0.905. The number of halogens is 1. The Morgan fingerprint density at radius 1 is 1.38 bits per heavy atom. The summed E-state index contributed by atoms with van der Waals surface area (Å²) in [6, 6.07) is 8.48. The van der Waals surface area contributed by atoms with Crippen LogP contribution < -0.4 is 5.32 Å². The lowest BCUT2D eigenvalue weighted by atomic mass is 9.99. The van der Waals surface area contributed by atoms with Crippen LogP contribution in [0.15, 0.2) is 24.3 Å². The lowest BCUT2D eigenvalue weighted by Gasteiger charge is -2.39. The summed E-state index contributed by atoms with van der Waals surface area (Å²) in [7, 11) is 0. The molecule has 1 aromatic rings. The summed E-state index contributed by atoms with van der Waals surface area (Å²) in [4.78, 5) is 14.7. The standard InChI is InChI=1S/C19H28N2O2.ClH/c1-14-5-3-4-6-17(14)18-12-21(15(2)13-23-18)19(22)8-7-16-9-10-20-11-16;/h3-6,15-16,18,20H,7-13H2,1-2H3;1H. The van der Waals surface area contributed by atoms with Gasteiger partial charge in [0, 0.05) is 6.42 Å². The normalized spacial score (nSPS) is 26.9. The molecule has 3 unspecified atom stereocenters. The van der Waals surface area contributed by atoms with Gasteiger partial charge in [-0.25, -0.2) is 0 Å². The molecule has 0 saturated carbocycles. The van der Waals surface area contributed by atoms with Gasteiger partial charge >= 0.3 is 0 Å². The number of rotatable bonds is 4. The van der Waals surface area contributed by atoms with Gasteiger partial charge in [-0.3, -0.25) is 4.79 Å². The van der Waals surface area contributed by atoms with Crippen molar-refractivity contribution in [3.05, 3.63) is 35.4 Å². The van der Waals surface area contributed by atoms with Crippen LogP contribution in [0.2, 0.25) is 0 Å². The van der Waals surface area contributed by atoms with Gasteiger partial charge in [0.05, 0.1) is 19.2 Å². The first-order chi connectivity index (χ1) is 11.1. The third-order valence-corrected chi connectivity index (χ3v) is 5.22. The highest BCUT2D eigenvalue weighted by molar-refractivity contribution is 5.85. The summed E-state index contributed by atoms with van der Waals surface area (Å²) < 4.78 is 6.01. The molecule has 0 spiro atoms. The van der Waals surface area contributed by atoms with E-state index in [2.05, 4.69) is 31.3 Å². The maximum atomic E-state index is 12.7. The van der Waals surface area contributed by atoms with Crippen LogP contribution >= 0.6 is 12.4 Å². The number of amides is 1. The van der Waals surface area contributed by atoms with E-state index in [9.17, 15) is 4.79 Å². The van der Waals surface area contributed by atoms with Gasteiger partial charge in [0.1, 0.15) is 6.10 Å². The number of benzene rings is 1. The van der Waals surface area contributed by atoms with Crippen LogP contribution in [0.1, 0.15) is 43.4 Å². The number of carbonyl (C=O) groups excluding carboxylic acids is 1. The molecule has 134 valence electrons. The highest BCUT2D eigenvalue weighted by Gasteiger charge is 2.31. The molecule has 3 rings (SSSR count). The van der Waals surface area contributed by atoms with Gasteiger partial charge in [-0.2, -0.15) is 0 Å². The summed E-state index contributed by atoms with van der Waals surface area (Å²) in [5.41, 5.74) is 2.44. The van der Waals surface area contributed by atoms with E-state index in [0.29, 0.717) is 25.5 Å². The Balaban J connectivity index is 0.00000208. The molecule has 3 atom stereocenters. The van der Waals surface area contributed by atoms with Crippen LogP contribution in [0.4, 0.5) is 0 Å². The van der Waals surface area contributed by atoms with Crippen molar-refractivity contribution in [1.82, 2.24) is 10.2 Å². The third kappa shape index (κ3) is 4.50. The minimum atomic E-state index is 0. The highest BCUT2D eigenvalue weighted by atomic mass is 35.5. The molecular weight excluding hydrogens is 324 g/mol. The van der Waals surface area contributed by atoms with E-state index in [0.717, 1.165) is 19.5 Å². The molecule has 2 heterocycles. The summed E-state index contributed by atoms with van der Waals surface area (Å²) in [5, 5.41) is 3.37. The predicted molar refractivity (Wildman–Crippen MR) is 98.5 cm³/mol. The number of morpholine rings is 1. The van der Waals surface area contributed by atoms with Gasteiger partial charge < -0.3 is 15.0 Å². The van der Waals surface area contributed by atoms with Gasteiger partial charge in [-0.05, 0) is 56.8 Å². The number of carbonyl (C=O) groups is 1. The first-order valence-corrected chi connectivity index (χ1v) is 8.82. The Morgan fingerprint density at radius 2 is 2.17 bits per heavy atom. The molecule has 1 aromatic carbocycles. The van der Waals surface area contributed by atoms with Crippen LogP contribution in [0.25, 0.3) is 0 Å². The SMILES string of the molecule is Cc1ccccc1C1CN(C(=O)CCC2CCNC2)C(C)CO1.Cl. The molecule has 2 fully saturated rings. The molecule has 24 heavy (non-hydrogen) atoms. The van der Waals surface area contributed by atoms with Crippen molar-refractivity contribution in [3.8, 4) is 0 Å². The summed E-state index contributed by atoms with van der Waals surface area (Å²) in [6.07, 6.45) is 2.88. The van der Waals surface area contributed by atoms with Gasteiger partial charge in [0.2, 0.25) is 5.91 Å². The van der Waals surface area contributed by atoms with Crippen molar-refractivity contribution in [2.45, 2.75) is 45.3 Å². The van der Waals surface area contributed by atoms with Crippen LogP contribution in [0.3, 0.4) is 0 Å². The fraction of sp³-hybridized carbons (Fsp3) is 0.632. The van der Waals surface area contributed by atoms with E-state index in [1.807, 2.05) is 17.0 Å². The average molecular weight is 353 g/mol. The molecule has 2 saturated heterocycles. The zero-order valence-corrected chi connectivity index (χ0v) is 15.5. The van der Waals surface area contributed by atoms with Crippen molar-refractivity contribution in [3.63, 3.8) is 0 Å². The van der Waals surface area contributed by atoms with Crippen LogP contribution in [0.5, 0.6) is 0 Å². The molecule has 0 radical (unpaired) electrons. The number of aryl methyl sites for hydroxylation is 1. The highest BCUT2D eigenvalue weighted by Crippen LogP contribution is 2.28. The van der Waals surface area contributed by atoms with E-state index in [1.54, 1.807) is 0 Å². The molecule has 0 bridgehead atoms. The lowest BCUT2D eigenvalue weighted by Crippen LogP contribution is -2.48. The van der Waals surface area contributed by atoms with E-state index in [4.69, 9.17) is 4.74 Å². The number of hydrogen-bond acceptors (Lipinski definition) is 3. The maximum Gasteiger partial charge on any atom is 0.222 e. The summed E-state index contributed by atoms with van der Waals surface area (Å²) >= 11 is 0. The molecule has 1 amide bonds. The Labute approximate surface area is 151 Å². The van der Waals surface area contributed by atoms with E-state index in [1.165, 1.54) is 17.5 Å². The second-order valence-corrected chi connectivity index (χ2v) is 6.97. The van der Waals surface area contributed by atoms with Crippen molar-refractivity contribution >= 4 is 18.3 Å². The van der Waals surface area contributed by atoms with Gasteiger partial charge in [-0.15, -0.1) is 12.4 Å². The van der Waals surface area contributed by atoms with E-state index < -0.39 is 0 Å². The fourth-order valence-electron chi connectivity index (χ4n) is 3.67. The number of hydrogen-bond donors (Lipinski definition) is 1. The predicted octanol–water partition coefficient (Wildman–Crippen LogP) is 3.09. The minimum Gasteiger partial charge on any atom is -0.370 e. The van der Waals surface area contributed by atoms with Gasteiger partial charge in [0.25, 0.3) is 0 Å². The Hall–Kier alpha value is -1.10. The van der Waals surface area contributed by atoms with Crippen molar-refractivity contribution < 1.29 is 9.53 Å². The Bertz CT molecular complexity index is 546. The number of nitrogens with one attached hydrogen (secondary N) is 1. The Kier molecular flexibility index (Phi) is 7.08. The van der Waals surface area contributed by atoms with Crippen LogP contribution in [-0.4, -0.2) is 43.1 Å². The first kappa shape index (κ1) is 19.2. The molecule has 4 nitrogen and oxygen atoms in total. The van der Waals surface area contributed by atoms with E-state index in [-0.39, 0.29) is 30.5 Å². The van der Waals surface area contributed by atoms with Crippen LogP contribution in [0, 0.1) is 12.8 Å². The van der Waals surface area contributed by atoms with Crippen molar-refractivity contribution in [2.24, 2.45) is 5.92 Å². The second-order valence-electron chi connectivity index (χ2n) is 6.97. The van der Waals surface area contributed by atoms with Gasteiger partial charge in [0.15, 0.2) is 0 Å². The molecule has 0 aromatic heterocycles. The molecule has 0 aliphatic carbocycles. The zero-order chi connectivity index (χ0) is 16.2. The maximum absolute atomic E-state index is 12.7. The monoisotopic (exact) mass is 352 g/mol. The summed E-state index contributed by atoms with van der Waals surface area (Å²) in [6.45, 7) is 7.66. The Morgan fingerprint density at radius 3 is 2.88 bits per heavy atom. The zero-order valence-electron chi connectivity index (χ0n) is 14.7. The van der Waals surface area contributed by atoms with Crippen molar-refractivity contribution in [2.75, 3.05) is 26.2 Å². The van der Waals surface area contributed by atoms with Crippen LogP contribution in [-0.2, 0) is 9.53 Å². The smallest absolute Gasteiger partial charge is 0.222 e. The number of ether oxygens (including phenoxy) is 1. The van der Waals surface area contributed by atoms with Crippen molar-refractivity contribution in [1.29, 1.82) is 0 Å². The summed E-state index contributed by atoms with van der Waals surface area (Å²) in [5.74, 6) is 0.953. The third-order valence-electron chi connectivity index (χ3n) is 5.22. The largest absolute Gasteiger partial charge is 0.370 e. The molecular formula is C19H29ClN2O2. The lowest BCUT2D eigenvalue weighted by molar-refractivity contribution is -0.144. The topological polar surface area (TPSA) is 41.6 Å². The van der Waals surface area contributed by atoms with E-state index >= 15 is 0 Å². The number of nitrogens with zero attached hydrogens (tertiary/aromatic N) is 1. The second kappa shape index (κ2) is 8.84.